The molecule has 6 heteroatoms. The zero-order valence-corrected chi connectivity index (χ0v) is 15.5. The molecule has 3 aromatic rings. The Morgan fingerprint density at radius 3 is 2.69 bits per heavy atom. The van der Waals surface area contributed by atoms with Crippen LogP contribution in [0.15, 0.2) is 54.6 Å². The number of amides is 1. The number of methoxy groups -OCH3 is 1. The second kappa shape index (κ2) is 8.60. The van der Waals surface area contributed by atoms with E-state index in [1.165, 1.54) is 11.3 Å². The van der Waals surface area contributed by atoms with Gasteiger partial charge in [-0.05, 0) is 30.7 Å². The monoisotopic (exact) mass is 368 g/mol. The number of aryl methyl sites for hydroxylation is 1. The SMILES string of the molecule is COCCOc1cccc(C(=O)Nc2nc(C)c(-c3ccccc3)s2)c1. The van der Waals surface area contributed by atoms with Crippen LogP contribution >= 0.6 is 11.3 Å². The van der Waals surface area contributed by atoms with Crippen molar-refractivity contribution in [2.75, 3.05) is 25.6 Å². The molecule has 0 aliphatic heterocycles. The molecule has 1 amide bonds. The summed E-state index contributed by atoms with van der Waals surface area (Å²) in [6.45, 7) is 2.88. The Labute approximate surface area is 156 Å². The van der Waals surface area contributed by atoms with E-state index in [9.17, 15) is 4.79 Å². The van der Waals surface area contributed by atoms with Gasteiger partial charge in [-0.25, -0.2) is 4.98 Å². The summed E-state index contributed by atoms with van der Waals surface area (Å²) in [4.78, 5) is 18.1. The standard InChI is InChI=1S/C20H20N2O3S/c1-14-18(15-7-4-3-5-8-15)26-20(21-14)22-19(23)16-9-6-10-17(13-16)25-12-11-24-2/h3-10,13H,11-12H2,1-2H3,(H,21,22,23). The summed E-state index contributed by atoms with van der Waals surface area (Å²) in [5.74, 6) is 0.422. The van der Waals surface area contributed by atoms with Crippen molar-refractivity contribution in [1.82, 2.24) is 4.98 Å². The molecule has 1 aromatic heterocycles. The molecule has 0 saturated heterocycles. The van der Waals surface area contributed by atoms with Gasteiger partial charge in [0, 0.05) is 12.7 Å². The van der Waals surface area contributed by atoms with Crippen molar-refractivity contribution in [2.45, 2.75) is 6.92 Å². The zero-order valence-electron chi connectivity index (χ0n) is 14.7. The largest absolute Gasteiger partial charge is 0.491 e. The molecule has 5 nitrogen and oxygen atoms in total. The van der Waals surface area contributed by atoms with Crippen LogP contribution in [-0.2, 0) is 4.74 Å². The maximum absolute atomic E-state index is 12.5. The van der Waals surface area contributed by atoms with Crippen molar-refractivity contribution in [1.29, 1.82) is 0 Å². The van der Waals surface area contributed by atoms with Gasteiger partial charge in [0.25, 0.3) is 5.91 Å². The first-order valence-electron chi connectivity index (χ1n) is 8.23. The number of ether oxygens (including phenoxy) is 2. The number of carbonyl (C=O) groups excluding carboxylic acids is 1. The smallest absolute Gasteiger partial charge is 0.257 e. The number of nitrogens with one attached hydrogen (secondary N) is 1. The average Bonchev–Trinajstić information content (AvgIpc) is 3.03. The summed E-state index contributed by atoms with van der Waals surface area (Å²) >= 11 is 1.47. The fraction of sp³-hybridized carbons (Fsp3) is 0.200. The Kier molecular flexibility index (Phi) is 5.99. The minimum absolute atomic E-state index is 0.212. The maximum Gasteiger partial charge on any atom is 0.257 e. The Bertz CT molecular complexity index is 878. The summed E-state index contributed by atoms with van der Waals surface area (Å²) in [6, 6.07) is 17.1. The molecule has 0 atom stereocenters. The number of hydrogen-bond acceptors (Lipinski definition) is 5. The summed E-state index contributed by atoms with van der Waals surface area (Å²) < 4.78 is 10.5. The molecule has 0 spiro atoms. The number of rotatable bonds is 7. The van der Waals surface area contributed by atoms with E-state index in [-0.39, 0.29) is 5.91 Å². The van der Waals surface area contributed by atoms with E-state index in [1.807, 2.05) is 43.3 Å². The Balaban J connectivity index is 1.71. The average molecular weight is 368 g/mol. The summed E-state index contributed by atoms with van der Waals surface area (Å²) in [5, 5.41) is 3.45. The third-order valence-electron chi connectivity index (χ3n) is 3.71. The van der Waals surface area contributed by atoms with Gasteiger partial charge in [-0.15, -0.1) is 0 Å². The van der Waals surface area contributed by atoms with Crippen molar-refractivity contribution >= 4 is 22.4 Å². The van der Waals surface area contributed by atoms with E-state index in [1.54, 1.807) is 25.3 Å². The molecule has 0 aliphatic carbocycles. The van der Waals surface area contributed by atoms with Gasteiger partial charge in [0.2, 0.25) is 0 Å². The van der Waals surface area contributed by atoms with E-state index < -0.39 is 0 Å². The lowest BCUT2D eigenvalue weighted by molar-refractivity contribution is 0.102. The Morgan fingerprint density at radius 2 is 1.92 bits per heavy atom. The minimum Gasteiger partial charge on any atom is -0.491 e. The van der Waals surface area contributed by atoms with Crippen LogP contribution in [-0.4, -0.2) is 31.2 Å². The fourth-order valence-electron chi connectivity index (χ4n) is 2.45. The highest BCUT2D eigenvalue weighted by Gasteiger charge is 2.13. The van der Waals surface area contributed by atoms with Crippen LogP contribution in [0.4, 0.5) is 5.13 Å². The molecular formula is C20H20N2O3S. The van der Waals surface area contributed by atoms with Crippen LogP contribution in [0.1, 0.15) is 16.1 Å². The molecule has 0 fully saturated rings. The van der Waals surface area contributed by atoms with E-state index in [0.717, 1.165) is 16.1 Å². The zero-order chi connectivity index (χ0) is 18.4. The second-order valence-electron chi connectivity index (χ2n) is 5.62. The molecule has 2 aromatic carbocycles. The van der Waals surface area contributed by atoms with E-state index in [0.29, 0.717) is 29.7 Å². The minimum atomic E-state index is -0.212. The normalized spacial score (nSPS) is 10.5. The van der Waals surface area contributed by atoms with Gasteiger partial charge in [0.15, 0.2) is 5.13 Å². The van der Waals surface area contributed by atoms with E-state index >= 15 is 0 Å². The number of hydrogen-bond donors (Lipinski definition) is 1. The van der Waals surface area contributed by atoms with Crippen LogP contribution in [0.3, 0.4) is 0 Å². The quantitative estimate of drug-likeness (QED) is 0.628. The molecule has 1 heterocycles. The Hall–Kier alpha value is -2.70. The van der Waals surface area contributed by atoms with Gasteiger partial charge in [-0.1, -0.05) is 47.7 Å². The van der Waals surface area contributed by atoms with Crippen molar-refractivity contribution < 1.29 is 14.3 Å². The molecule has 0 saturated carbocycles. The number of thiazole rings is 1. The summed E-state index contributed by atoms with van der Waals surface area (Å²) in [6.07, 6.45) is 0. The molecule has 0 unspecified atom stereocenters. The fourth-order valence-corrected chi connectivity index (χ4v) is 3.41. The number of aromatic nitrogens is 1. The molecule has 134 valence electrons. The molecule has 3 rings (SSSR count). The number of benzene rings is 2. The van der Waals surface area contributed by atoms with Crippen LogP contribution < -0.4 is 10.1 Å². The van der Waals surface area contributed by atoms with Gasteiger partial charge in [0.1, 0.15) is 12.4 Å². The lowest BCUT2D eigenvalue weighted by atomic mass is 10.2. The van der Waals surface area contributed by atoms with Gasteiger partial charge < -0.3 is 9.47 Å². The third kappa shape index (κ3) is 4.47. The molecule has 26 heavy (non-hydrogen) atoms. The maximum atomic E-state index is 12.5. The number of anilines is 1. The highest BCUT2D eigenvalue weighted by atomic mass is 32.1. The van der Waals surface area contributed by atoms with Gasteiger partial charge in [-0.3, -0.25) is 10.1 Å². The van der Waals surface area contributed by atoms with Gasteiger partial charge in [-0.2, -0.15) is 0 Å². The molecular weight excluding hydrogens is 348 g/mol. The highest BCUT2D eigenvalue weighted by molar-refractivity contribution is 7.19. The summed E-state index contributed by atoms with van der Waals surface area (Å²) in [7, 11) is 1.62. The molecule has 1 N–H and O–H groups in total. The third-order valence-corrected chi connectivity index (χ3v) is 4.83. The van der Waals surface area contributed by atoms with Crippen molar-refractivity contribution in [3.05, 3.63) is 65.9 Å². The van der Waals surface area contributed by atoms with Crippen molar-refractivity contribution in [2.24, 2.45) is 0 Å². The van der Waals surface area contributed by atoms with Crippen LogP contribution in [0.5, 0.6) is 5.75 Å². The Morgan fingerprint density at radius 1 is 1.12 bits per heavy atom. The van der Waals surface area contributed by atoms with E-state index in [2.05, 4.69) is 10.3 Å². The van der Waals surface area contributed by atoms with Crippen LogP contribution in [0.25, 0.3) is 10.4 Å². The first-order valence-corrected chi connectivity index (χ1v) is 9.05. The number of nitrogens with zero attached hydrogens (tertiary/aromatic N) is 1. The summed E-state index contributed by atoms with van der Waals surface area (Å²) in [5.41, 5.74) is 2.51. The van der Waals surface area contributed by atoms with Crippen LogP contribution in [0, 0.1) is 6.92 Å². The molecule has 0 aliphatic rings. The van der Waals surface area contributed by atoms with E-state index in [4.69, 9.17) is 9.47 Å². The van der Waals surface area contributed by atoms with Gasteiger partial charge >= 0.3 is 0 Å². The lowest BCUT2D eigenvalue weighted by Gasteiger charge is -2.07. The van der Waals surface area contributed by atoms with Crippen molar-refractivity contribution in [3.8, 4) is 16.2 Å². The molecule has 0 bridgehead atoms. The van der Waals surface area contributed by atoms with Gasteiger partial charge in [0.05, 0.1) is 17.2 Å². The topological polar surface area (TPSA) is 60.5 Å². The van der Waals surface area contributed by atoms with Crippen LogP contribution in [0.2, 0.25) is 0 Å². The number of carbonyl (C=O) groups is 1. The first-order chi connectivity index (χ1) is 12.7. The lowest BCUT2D eigenvalue weighted by Crippen LogP contribution is -2.12. The predicted molar refractivity (Wildman–Crippen MR) is 104 cm³/mol. The second-order valence-corrected chi connectivity index (χ2v) is 6.62. The first kappa shape index (κ1) is 18.1. The predicted octanol–water partition coefficient (Wildman–Crippen LogP) is 4.40. The van der Waals surface area contributed by atoms with Crippen molar-refractivity contribution in [3.63, 3.8) is 0 Å². The molecule has 0 radical (unpaired) electrons. The highest BCUT2D eigenvalue weighted by Crippen LogP contribution is 2.32.